The van der Waals surface area contributed by atoms with Crippen molar-refractivity contribution >= 4 is 29.3 Å². The molecule has 2 saturated heterocycles. The second kappa shape index (κ2) is 7.41. The van der Waals surface area contributed by atoms with Gasteiger partial charge in [-0.1, -0.05) is 23.7 Å². The molecule has 0 unspecified atom stereocenters. The molecule has 2 atom stereocenters. The summed E-state index contributed by atoms with van der Waals surface area (Å²) < 4.78 is 0. The molecule has 0 saturated carbocycles. The highest BCUT2D eigenvalue weighted by atomic mass is 35.5. The number of benzene rings is 1. The number of nitrogens with one attached hydrogen (secondary N) is 1. The fraction of sp³-hybridized carbons (Fsp3) is 0.471. The van der Waals surface area contributed by atoms with Crippen LogP contribution in [0.5, 0.6) is 0 Å². The lowest BCUT2D eigenvalue weighted by molar-refractivity contribution is -0.155. The number of amides is 3. The van der Waals surface area contributed by atoms with Gasteiger partial charge in [-0.25, -0.2) is 0 Å². The van der Waals surface area contributed by atoms with Crippen molar-refractivity contribution in [1.29, 1.82) is 0 Å². The minimum atomic E-state index is -0.621. The van der Waals surface area contributed by atoms with Crippen LogP contribution in [0.1, 0.15) is 12.0 Å². The lowest BCUT2D eigenvalue weighted by atomic mass is 9.98. The molecule has 1 aromatic rings. The summed E-state index contributed by atoms with van der Waals surface area (Å²) in [5, 5.41) is 3.42. The first-order valence-electron chi connectivity index (χ1n) is 8.32. The van der Waals surface area contributed by atoms with Crippen LogP contribution in [-0.4, -0.2) is 65.8 Å². The lowest BCUT2D eigenvalue weighted by Gasteiger charge is -2.45. The van der Waals surface area contributed by atoms with Gasteiger partial charge >= 0.3 is 0 Å². The van der Waals surface area contributed by atoms with Gasteiger partial charge in [0.2, 0.25) is 17.7 Å². The van der Waals surface area contributed by atoms with Crippen LogP contribution in [0, 0.1) is 0 Å². The monoisotopic (exact) mass is 364 g/mol. The fourth-order valence-electron chi connectivity index (χ4n) is 3.30. The van der Waals surface area contributed by atoms with E-state index in [1.807, 2.05) is 12.1 Å². The van der Waals surface area contributed by atoms with Crippen molar-refractivity contribution in [3.63, 3.8) is 0 Å². The van der Waals surface area contributed by atoms with E-state index in [2.05, 4.69) is 5.32 Å². The highest BCUT2D eigenvalue weighted by Gasteiger charge is 2.43. The molecule has 2 aliphatic heterocycles. The molecule has 134 valence electrons. The van der Waals surface area contributed by atoms with Gasteiger partial charge in [0.25, 0.3) is 0 Å². The van der Waals surface area contributed by atoms with Gasteiger partial charge in [-0.2, -0.15) is 0 Å². The summed E-state index contributed by atoms with van der Waals surface area (Å²) in [5.74, 6) is -0.403. The maximum Gasteiger partial charge on any atom is 0.246 e. The standard InChI is InChI=1S/C17H21ClN4O3/c18-12-3-1-11(2-4-12)9-13-17(25)22-8-7-21(15(23)5-6-19)10-14(22)16(24)20-13/h1-4,13-14H,5-10,19H2,(H,20,24)/t13-,14-/m0/s1. The van der Waals surface area contributed by atoms with Crippen LogP contribution in [0.25, 0.3) is 0 Å². The lowest BCUT2D eigenvalue weighted by Crippen LogP contribution is -2.70. The normalized spacial score (nSPS) is 23.3. The predicted molar refractivity (Wildman–Crippen MR) is 92.8 cm³/mol. The van der Waals surface area contributed by atoms with Crippen LogP contribution >= 0.6 is 11.6 Å². The average Bonchev–Trinajstić information content (AvgIpc) is 2.61. The zero-order valence-corrected chi connectivity index (χ0v) is 14.5. The Bertz CT molecular complexity index is 679. The predicted octanol–water partition coefficient (Wildman–Crippen LogP) is -0.231. The van der Waals surface area contributed by atoms with Gasteiger partial charge in [0, 0.05) is 37.5 Å². The first kappa shape index (κ1) is 17.7. The molecule has 0 bridgehead atoms. The van der Waals surface area contributed by atoms with Gasteiger partial charge in [0.1, 0.15) is 12.1 Å². The Kier molecular flexibility index (Phi) is 5.24. The Morgan fingerprint density at radius 3 is 2.64 bits per heavy atom. The van der Waals surface area contributed by atoms with Gasteiger partial charge in [0.05, 0.1) is 6.54 Å². The van der Waals surface area contributed by atoms with Crippen molar-refractivity contribution in [2.45, 2.75) is 24.9 Å². The average molecular weight is 365 g/mol. The molecule has 1 aromatic carbocycles. The molecule has 3 rings (SSSR count). The van der Waals surface area contributed by atoms with Gasteiger partial charge < -0.3 is 20.9 Å². The van der Waals surface area contributed by atoms with Gasteiger partial charge in [-0.05, 0) is 17.7 Å². The summed E-state index contributed by atoms with van der Waals surface area (Å²) in [6.07, 6.45) is 0.669. The van der Waals surface area contributed by atoms with E-state index in [9.17, 15) is 14.4 Å². The third-order valence-electron chi connectivity index (χ3n) is 4.64. The minimum Gasteiger partial charge on any atom is -0.342 e. The summed E-state index contributed by atoms with van der Waals surface area (Å²) in [5.41, 5.74) is 6.35. The van der Waals surface area contributed by atoms with Crippen molar-refractivity contribution in [3.8, 4) is 0 Å². The van der Waals surface area contributed by atoms with Gasteiger partial charge in [-0.15, -0.1) is 0 Å². The number of carbonyl (C=O) groups is 3. The molecule has 3 amide bonds. The maximum absolute atomic E-state index is 12.7. The Hall–Kier alpha value is -2.12. The quantitative estimate of drug-likeness (QED) is 0.771. The molecule has 0 radical (unpaired) electrons. The number of hydrogen-bond donors (Lipinski definition) is 2. The van der Waals surface area contributed by atoms with Crippen molar-refractivity contribution in [2.75, 3.05) is 26.2 Å². The summed E-state index contributed by atoms with van der Waals surface area (Å²) >= 11 is 5.87. The molecule has 2 aliphatic rings. The van der Waals surface area contributed by atoms with Crippen molar-refractivity contribution in [2.24, 2.45) is 5.73 Å². The van der Waals surface area contributed by atoms with Crippen LogP contribution < -0.4 is 11.1 Å². The number of hydrogen-bond acceptors (Lipinski definition) is 4. The molecule has 2 fully saturated rings. The number of rotatable bonds is 4. The van der Waals surface area contributed by atoms with E-state index in [0.717, 1.165) is 5.56 Å². The molecular weight excluding hydrogens is 344 g/mol. The van der Waals surface area contributed by atoms with E-state index < -0.39 is 12.1 Å². The van der Waals surface area contributed by atoms with E-state index in [1.54, 1.807) is 21.9 Å². The van der Waals surface area contributed by atoms with Crippen molar-refractivity contribution in [3.05, 3.63) is 34.9 Å². The number of fused-ring (bicyclic) bond motifs is 1. The Balaban J connectivity index is 1.68. The molecular formula is C17H21ClN4O3. The zero-order chi connectivity index (χ0) is 18.0. The highest BCUT2D eigenvalue weighted by molar-refractivity contribution is 6.30. The van der Waals surface area contributed by atoms with E-state index >= 15 is 0 Å². The summed E-state index contributed by atoms with van der Waals surface area (Å²) in [7, 11) is 0. The van der Waals surface area contributed by atoms with Crippen LogP contribution in [0.2, 0.25) is 5.02 Å². The number of piperazine rings is 2. The minimum absolute atomic E-state index is 0.0781. The largest absolute Gasteiger partial charge is 0.342 e. The van der Waals surface area contributed by atoms with E-state index in [4.69, 9.17) is 17.3 Å². The molecule has 0 spiro atoms. The molecule has 7 nitrogen and oxygen atoms in total. The SMILES string of the molecule is NCCC(=O)N1CCN2C(=O)[C@H](Cc3ccc(Cl)cc3)NC(=O)[C@@H]2C1. The number of carbonyl (C=O) groups excluding carboxylic acids is 3. The Morgan fingerprint density at radius 2 is 1.96 bits per heavy atom. The molecule has 0 aliphatic carbocycles. The summed E-state index contributed by atoms with van der Waals surface area (Å²) in [4.78, 5) is 40.4. The third-order valence-corrected chi connectivity index (χ3v) is 4.90. The van der Waals surface area contributed by atoms with E-state index in [1.165, 1.54) is 0 Å². The number of nitrogens with two attached hydrogens (primary N) is 1. The topological polar surface area (TPSA) is 95.7 Å². The Labute approximate surface area is 151 Å². The first-order valence-corrected chi connectivity index (χ1v) is 8.70. The maximum atomic E-state index is 12.7. The van der Waals surface area contributed by atoms with Crippen LogP contribution in [-0.2, 0) is 20.8 Å². The van der Waals surface area contributed by atoms with E-state index in [-0.39, 0.29) is 37.2 Å². The highest BCUT2D eigenvalue weighted by Crippen LogP contribution is 2.19. The first-order chi connectivity index (χ1) is 12.0. The summed E-state index contributed by atoms with van der Waals surface area (Å²) in [6, 6.07) is 6.00. The second-order valence-corrected chi connectivity index (χ2v) is 6.75. The number of halogens is 1. The smallest absolute Gasteiger partial charge is 0.246 e. The van der Waals surface area contributed by atoms with Crippen LogP contribution in [0.4, 0.5) is 0 Å². The third kappa shape index (κ3) is 3.77. The summed E-state index contributed by atoms with van der Waals surface area (Å²) in [6.45, 7) is 1.30. The fourth-order valence-corrected chi connectivity index (χ4v) is 3.43. The van der Waals surface area contributed by atoms with E-state index in [0.29, 0.717) is 24.5 Å². The molecule has 2 heterocycles. The molecule has 0 aromatic heterocycles. The Morgan fingerprint density at radius 1 is 1.24 bits per heavy atom. The van der Waals surface area contributed by atoms with Gasteiger partial charge in [-0.3, -0.25) is 14.4 Å². The van der Waals surface area contributed by atoms with Crippen LogP contribution in [0.3, 0.4) is 0 Å². The van der Waals surface area contributed by atoms with Crippen molar-refractivity contribution in [1.82, 2.24) is 15.1 Å². The van der Waals surface area contributed by atoms with Gasteiger partial charge in [0.15, 0.2) is 0 Å². The molecule has 25 heavy (non-hydrogen) atoms. The second-order valence-electron chi connectivity index (χ2n) is 6.32. The number of nitrogens with zero attached hydrogens (tertiary/aromatic N) is 2. The van der Waals surface area contributed by atoms with Crippen LogP contribution in [0.15, 0.2) is 24.3 Å². The van der Waals surface area contributed by atoms with Crippen molar-refractivity contribution < 1.29 is 14.4 Å². The molecule has 3 N–H and O–H groups in total. The zero-order valence-electron chi connectivity index (χ0n) is 13.8. The molecule has 8 heteroatoms.